The quantitative estimate of drug-likeness (QED) is 0.617. The van der Waals surface area contributed by atoms with Gasteiger partial charge in [0.1, 0.15) is 0 Å². The first-order valence-electron chi connectivity index (χ1n) is 7.76. The first-order valence-corrected chi connectivity index (χ1v) is 7.76. The number of aliphatic carboxylic acids is 1. The van der Waals surface area contributed by atoms with E-state index in [0.717, 1.165) is 22.8 Å². The van der Waals surface area contributed by atoms with E-state index in [4.69, 9.17) is 10.8 Å². The van der Waals surface area contributed by atoms with Gasteiger partial charge in [0.25, 0.3) is 5.91 Å². The number of carboxylic acid groups (broad SMARTS) is 1. The van der Waals surface area contributed by atoms with Crippen LogP contribution in [0.4, 0.5) is 16.2 Å². The van der Waals surface area contributed by atoms with Crippen molar-refractivity contribution in [3.8, 4) is 0 Å². The maximum absolute atomic E-state index is 12.5. The van der Waals surface area contributed by atoms with Gasteiger partial charge in [0.05, 0.1) is 0 Å². The standard InChI is InChI=1S/C19H19N3O4/c1-11-8-13(6-7-16(23)24)9-12(2)17(11)22-18(25)14-4-3-5-15(10-14)21-19(20)26/h3-10H,1-2H3,(H,22,25)(H,23,24)(H3,20,21,26)/b7-6+. The van der Waals surface area contributed by atoms with Gasteiger partial charge in [-0.3, -0.25) is 4.79 Å². The molecule has 7 heteroatoms. The second kappa shape index (κ2) is 7.98. The molecule has 0 aliphatic heterocycles. The topological polar surface area (TPSA) is 122 Å². The van der Waals surface area contributed by atoms with Crippen LogP contribution < -0.4 is 16.4 Å². The van der Waals surface area contributed by atoms with Crippen LogP contribution in [-0.2, 0) is 4.79 Å². The summed E-state index contributed by atoms with van der Waals surface area (Å²) in [5, 5.41) is 14.0. The summed E-state index contributed by atoms with van der Waals surface area (Å²) < 4.78 is 0. The van der Waals surface area contributed by atoms with Gasteiger partial charge in [-0.15, -0.1) is 0 Å². The molecule has 0 heterocycles. The van der Waals surface area contributed by atoms with Gasteiger partial charge < -0.3 is 21.5 Å². The summed E-state index contributed by atoms with van der Waals surface area (Å²) in [7, 11) is 0. The zero-order valence-corrected chi connectivity index (χ0v) is 14.4. The summed E-state index contributed by atoms with van der Waals surface area (Å²) in [5.74, 6) is -1.36. The highest BCUT2D eigenvalue weighted by Crippen LogP contribution is 2.24. The van der Waals surface area contributed by atoms with Crippen molar-refractivity contribution in [3.05, 3.63) is 64.7 Å². The van der Waals surface area contributed by atoms with Crippen LogP contribution in [0.5, 0.6) is 0 Å². The van der Waals surface area contributed by atoms with Gasteiger partial charge in [0.15, 0.2) is 0 Å². The number of carboxylic acids is 1. The van der Waals surface area contributed by atoms with E-state index in [9.17, 15) is 14.4 Å². The number of nitrogens with two attached hydrogens (primary N) is 1. The molecule has 0 fully saturated rings. The molecule has 0 spiro atoms. The van der Waals surface area contributed by atoms with Crippen molar-refractivity contribution < 1.29 is 19.5 Å². The highest BCUT2D eigenvalue weighted by molar-refractivity contribution is 6.06. The molecular formula is C19H19N3O4. The monoisotopic (exact) mass is 353 g/mol. The molecule has 0 bridgehead atoms. The molecule has 0 unspecified atom stereocenters. The lowest BCUT2D eigenvalue weighted by molar-refractivity contribution is -0.131. The molecule has 5 N–H and O–H groups in total. The summed E-state index contributed by atoms with van der Waals surface area (Å²) >= 11 is 0. The minimum atomic E-state index is -1.03. The summed E-state index contributed by atoms with van der Waals surface area (Å²) in [6.07, 6.45) is 2.55. The number of urea groups is 1. The minimum Gasteiger partial charge on any atom is -0.478 e. The van der Waals surface area contributed by atoms with Gasteiger partial charge in [-0.1, -0.05) is 6.07 Å². The van der Waals surface area contributed by atoms with Crippen molar-refractivity contribution in [1.82, 2.24) is 0 Å². The predicted octanol–water partition coefficient (Wildman–Crippen LogP) is 3.14. The van der Waals surface area contributed by atoms with Gasteiger partial charge in [0.2, 0.25) is 0 Å². The Morgan fingerprint density at radius 3 is 2.27 bits per heavy atom. The van der Waals surface area contributed by atoms with Crippen LogP contribution in [0.15, 0.2) is 42.5 Å². The normalized spacial score (nSPS) is 10.5. The fourth-order valence-corrected chi connectivity index (χ4v) is 2.52. The van der Waals surface area contributed by atoms with E-state index in [1.165, 1.54) is 12.1 Å². The second-order valence-corrected chi connectivity index (χ2v) is 5.73. The second-order valence-electron chi connectivity index (χ2n) is 5.73. The maximum atomic E-state index is 12.5. The zero-order chi connectivity index (χ0) is 19.3. The average molecular weight is 353 g/mol. The smallest absolute Gasteiger partial charge is 0.328 e. The molecule has 0 atom stereocenters. The molecule has 26 heavy (non-hydrogen) atoms. The van der Waals surface area contributed by atoms with Crippen molar-refractivity contribution in [2.45, 2.75) is 13.8 Å². The average Bonchev–Trinajstić information content (AvgIpc) is 2.55. The molecular weight excluding hydrogens is 334 g/mol. The predicted molar refractivity (Wildman–Crippen MR) is 100 cm³/mol. The van der Waals surface area contributed by atoms with E-state index in [1.807, 2.05) is 13.8 Å². The Bertz CT molecular complexity index is 880. The lowest BCUT2D eigenvalue weighted by Crippen LogP contribution is -2.20. The van der Waals surface area contributed by atoms with Crippen LogP contribution in [0.1, 0.15) is 27.0 Å². The Labute approximate surface area is 150 Å². The molecule has 0 aromatic heterocycles. The van der Waals surface area contributed by atoms with Crippen molar-refractivity contribution in [2.24, 2.45) is 5.73 Å². The van der Waals surface area contributed by atoms with Gasteiger partial charge >= 0.3 is 12.0 Å². The third kappa shape index (κ3) is 4.94. The number of anilines is 2. The van der Waals surface area contributed by atoms with E-state index < -0.39 is 12.0 Å². The summed E-state index contributed by atoms with van der Waals surface area (Å²) in [6, 6.07) is 9.27. The molecule has 2 rings (SSSR count). The van der Waals surface area contributed by atoms with Crippen LogP contribution >= 0.6 is 0 Å². The first kappa shape index (κ1) is 18.7. The summed E-state index contributed by atoms with van der Waals surface area (Å²) in [4.78, 5) is 34.1. The van der Waals surface area contributed by atoms with Gasteiger partial charge in [-0.25, -0.2) is 9.59 Å². The summed E-state index contributed by atoms with van der Waals surface area (Å²) in [6.45, 7) is 3.65. The Hall–Kier alpha value is -3.61. The number of carbonyl (C=O) groups excluding carboxylic acids is 2. The van der Waals surface area contributed by atoms with Crippen LogP contribution in [0.3, 0.4) is 0 Å². The Morgan fingerprint density at radius 2 is 1.69 bits per heavy atom. The van der Waals surface area contributed by atoms with Gasteiger partial charge in [-0.05, 0) is 66.9 Å². The van der Waals surface area contributed by atoms with Crippen LogP contribution in [0.25, 0.3) is 6.08 Å². The molecule has 7 nitrogen and oxygen atoms in total. The van der Waals surface area contributed by atoms with E-state index in [-0.39, 0.29) is 5.91 Å². The number of hydrogen-bond donors (Lipinski definition) is 4. The highest BCUT2D eigenvalue weighted by atomic mass is 16.4. The largest absolute Gasteiger partial charge is 0.478 e. The van der Waals surface area contributed by atoms with Crippen molar-refractivity contribution in [1.29, 1.82) is 0 Å². The fourth-order valence-electron chi connectivity index (χ4n) is 2.52. The number of carbonyl (C=O) groups is 3. The number of hydrogen-bond acceptors (Lipinski definition) is 3. The molecule has 134 valence electrons. The lowest BCUT2D eigenvalue weighted by Gasteiger charge is -2.13. The van der Waals surface area contributed by atoms with E-state index in [2.05, 4.69) is 10.6 Å². The Kier molecular flexibility index (Phi) is 5.74. The third-order valence-corrected chi connectivity index (χ3v) is 3.60. The summed E-state index contributed by atoms with van der Waals surface area (Å²) in [5.41, 5.74) is 8.85. The van der Waals surface area contributed by atoms with Crippen LogP contribution in [0, 0.1) is 13.8 Å². The molecule has 2 aromatic carbocycles. The van der Waals surface area contributed by atoms with E-state index >= 15 is 0 Å². The number of nitrogens with one attached hydrogen (secondary N) is 2. The lowest BCUT2D eigenvalue weighted by atomic mass is 10.0. The van der Waals surface area contributed by atoms with Crippen molar-refractivity contribution in [2.75, 3.05) is 10.6 Å². The SMILES string of the molecule is Cc1cc(/C=C/C(=O)O)cc(C)c1NC(=O)c1cccc(NC(N)=O)c1. The third-order valence-electron chi connectivity index (χ3n) is 3.60. The maximum Gasteiger partial charge on any atom is 0.328 e. The number of amides is 3. The number of aryl methyl sites for hydroxylation is 2. The van der Waals surface area contributed by atoms with Crippen molar-refractivity contribution >= 4 is 35.4 Å². The van der Waals surface area contributed by atoms with E-state index in [0.29, 0.717) is 16.9 Å². The molecule has 2 aromatic rings. The molecule has 0 saturated carbocycles. The Balaban J connectivity index is 2.24. The van der Waals surface area contributed by atoms with Gasteiger partial charge in [0, 0.05) is 23.0 Å². The molecule has 0 aliphatic carbocycles. The fraction of sp³-hybridized carbons (Fsp3) is 0.105. The molecule has 0 radical (unpaired) electrons. The van der Waals surface area contributed by atoms with E-state index in [1.54, 1.807) is 30.3 Å². The van der Waals surface area contributed by atoms with Crippen molar-refractivity contribution in [3.63, 3.8) is 0 Å². The zero-order valence-electron chi connectivity index (χ0n) is 14.4. The Morgan fingerprint density at radius 1 is 1.04 bits per heavy atom. The number of primary amides is 1. The van der Waals surface area contributed by atoms with Crippen LogP contribution in [-0.4, -0.2) is 23.0 Å². The number of rotatable bonds is 5. The highest BCUT2D eigenvalue weighted by Gasteiger charge is 2.11. The number of benzene rings is 2. The molecule has 0 aliphatic rings. The minimum absolute atomic E-state index is 0.335. The van der Waals surface area contributed by atoms with Gasteiger partial charge in [-0.2, -0.15) is 0 Å². The molecule has 0 saturated heterocycles. The molecule has 3 amide bonds. The first-order chi connectivity index (χ1) is 12.3. The van der Waals surface area contributed by atoms with Crippen LogP contribution in [0.2, 0.25) is 0 Å².